The first-order valence-corrected chi connectivity index (χ1v) is 6.20. The van der Waals surface area contributed by atoms with Crippen molar-refractivity contribution in [2.45, 2.75) is 39.5 Å². The van der Waals surface area contributed by atoms with E-state index in [-0.39, 0.29) is 59.2 Å². The maximum atomic E-state index is 5.04. The van der Waals surface area contributed by atoms with Crippen molar-refractivity contribution in [1.82, 2.24) is 0 Å². The number of thiocarbonyl (C=S) groups is 2. The van der Waals surface area contributed by atoms with Crippen molar-refractivity contribution in [1.29, 1.82) is 0 Å². The van der Waals surface area contributed by atoms with Gasteiger partial charge < -0.3 is 20.9 Å². The number of rotatable bonds is 6. The van der Waals surface area contributed by atoms with Gasteiger partial charge in [0.25, 0.3) is 10.3 Å². The molecule has 0 unspecified atom stereocenters. The summed E-state index contributed by atoms with van der Waals surface area (Å²) in [5.41, 5.74) is 10.1. The summed E-state index contributed by atoms with van der Waals surface area (Å²) in [6.07, 6.45) is 4.28. The quantitative estimate of drug-likeness (QED) is 0.393. The summed E-state index contributed by atoms with van der Waals surface area (Å²) < 4.78 is 9.58. The van der Waals surface area contributed by atoms with Gasteiger partial charge >= 0.3 is 48.9 Å². The van der Waals surface area contributed by atoms with Crippen molar-refractivity contribution in [2.75, 3.05) is 13.2 Å². The molecule has 0 rings (SSSR count). The van der Waals surface area contributed by atoms with Crippen molar-refractivity contribution in [3.8, 4) is 0 Å². The van der Waals surface area contributed by atoms with Gasteiger partial charge in [-0.25, -0.2) is 0 Å². The van der Waals surface area contributed by atoms with Crippen LogP contribution in [-0.2, 0) is 9.47 Å². The molecule has 0 bridgehead atoms. The molecule has 100 valence electrons. The average molecular weight is 406 g/mol. The van der Waals surface area contributed by atoms with Gasteiger partial charge in [-0.05, 0) is 37.3 Å². The summed E-state index contributed by atoms with van der Waals surface area (Å²) >= 11 is 8.93. The SMILES string of the molecule is CCCCOC(N)=S.CCCCOC(N)=S.[BaH2]. The third kappa shape index (κ3) is 31.6. The van der Waals surface area contributed by atoms with Gasteiger partial charge in [-0.1, -0.05) is 26.7 Å². The summed E-state index contributed by atoms with van der Waals surface area (Å²) in [4.78, 5) is 0. The number of unbranched alkanes of at least 4 members (excludes halogenated alkanes) is 2. The number of hydrogen-bond donors (Lipinski definition) is 2. The van der Waals surface area contributed by atoms with Crippen molar-refractivity contribution >= 4 is 83.7 Å². The van der Waals surface area contributed by atoms with Crippen LogP contribution in [0, 0.1) is 0 Å². The molecule has 0 aliphatic carbocycles. The van der Waals surface area contributed by atoms with Gasteiger partial charge in [0.1, 0.15) is 0 Å². The van der Waals surface area contributed by atoms with Crippen molar-refractivity contribution < 1.29 is 9.47 Å². The van der Waals surface area contributed by atoms with Crippen LogP contribution in [0.4, 0.5) is 0 Å². The summed E-state index contributed by atoms with van der Waals surface area (Å²) in [6.45, 7) is 5.49. The Kier molecular flexibility index (Phi) is 26.2. The Bertz CT molecular complexity index is 175. The van der Waals surface area contributed by atoms with E-state index in [1.165, 1.54) is 0 Å². The van der Waals surface area contributed by atoms with E-state index < -0.39 is 0 Å². The molecule has 4 nitrogen and oxygen atoms in total. The summed E-state index contributed by atoms with van der Waals surface area (Å²) in [5.74, 6) is 0. The van der Waals surface area contributed by atoms with E-state index >= 15 is 0 Å². The molecule has 0 aliphatic rings. The fourth-order valence-corrected chi connectivity index (χ4v) is 0.801. The van der Waals surface area contributed by atoms with Crippen molar-refractivity contribution in [3.63, 3.8) is 0 Å². The van der Waals surface area contributed by atoms with E-state index in [0.29, 0.717) is 13.2 Å². The Labute approximate surface area is 155 Å². The minimum absolute atomic E-state index is 0. The van der Waals surface area contributed by atoms with Gasteiger partial charge in [-0.2, -0.15) is 0 Å². The van der Waals surface area contributed by atoms with Crippen LogP contribution in [0.1, 0.15) is 39.5 Å². The fourth-order valence-electron chi connectivity index (χ4n) is 0.634. The Hall–Kier alpha value is 0.951. The van der Waals surface area contributed by atoms with Gasteiger partial charge in [-0.3, -0.25) is 0 Å². The second-order valence-electron chi connectivity index (χ2n) is 3.04. The molecule has 0 saturated carbocycles. The molecule has 0 aromatic rings. The molecular formula is C10H24BaN2O2S2. The number of hydrogen-bond acceptors (Lipinski definition) is 4. The predicted octanol–water partition coefficient (Wildman–Crippen LogP) is 1.18. The zero-order valence-electron chi connectivity index (χ0n) is 10.0. The second-order valence-corrected chi connectivity index (χ2v) is 3.85. The molecule has 7 heteroatoms. The number of ether oxygens (including phenoxy) is 2. The van der Waals surface area contributed by atoms with Crippen LogP contribution in [-0.4, -0.2) is 72.4 Å². The molecule has 17 heavy (non-hydrogen) atoms. The third-order valence-corrected chi connectivity index (χ3v) is 1.72. The fraction of sp³-hybridized carbons (Fsp3) is 0.800. The van der Waals surface area contributed by atoms with E-state index in [1.807, 2.05) is 0 Å². The Balaban J connectivity index is -0.000000218. The first-order chi connectivity index (χ1) is 7.54. The van der Waals surface area contributed by atoms with E-state index in [2.05, 4.69) is 38.3 Å². The molecule has 0 saturated heterocycles. The first-order valence-electron chi connectivity index (χ1n) is 5.39. The Morgan fingerprint density at radius 2 is 1.18 bits per heavy atom. The van der Waals surface area contributed by atoms with Gasteiger partial charge in [0.2, 0.25) is 0 Å². The third-order valence-electron chi connectivity index (χ3n) is 1.48. The standard InChI is InChI=1S/2C5H11NOS.Ba.2H/c2*1-2-3-4-7-5(6)8;;;/h2*2-4H2,1H3,(H2,6,8);;;. The summed E-state index contributed by atoms with van der Waals surface area (Å²) in [7, 11) is 0. The molecule has 4 N–H and O–H groups in total. The van der Waals surface area contributed by atoms with Crippen LogP contribution < -0.4 is 11.5 Å². The molecule has 0 aromatic carbocycles. The van der Waals surface area contributed by atoms with Crippen LogP contribution in [0.2, 0.25) is 0 Å². The first kappa shape index (κ1) is 23.1. The van der Waals surface area contributed by atoms with Gasteiger partial charge in [0.15, 0.2) is 0 Å². The molecule has 0 aliphatic heterocycles. The van der Waals surface area contributed by atoms with Gasteiger partial charge in [0, 0.05) is 0 Å². The molecule has 0 fully saturated rings. The zero-order valence-corrected chi connectivity index (χ0v) is 11.7. The van der Waals surface area contributed by atoms with Gasteiger partial charge in [0.05, 0.1) is 13.2 Å². The monoisotopic (exact) mass is 406 g/mol. The van der Waals surface area contributed by atoms with Crippen LogP contribution >= 0.6 is 24.4 Å². The van der Waals surface area contributed by atoms with Crippen LogP contribution in [0.3, 0.4) is 0 Å². The minimum atomic E-state index is 0. The van der Waals surface area contributed by atoms with E-state index in [1.54, 1.807) is 0 Å². The van der Waals surface area contributed by atoms with E-state index in [4.69, 9.17) is 20.9 Å². The molecule has 0 aromatic heterocycles. The molecule has 0 heterocycles. The van der Waals surface area contributed by atoms with Crippen LogP contribution in [0.5, 0.6) is 0 Å². The van der Waals surface area contributed by atoms with E-state index in [9.17, 15) is 0 Å². The number of nitrogens with two attached hydrogens (primary N) is 2. The van der Waals surface area contributed by atoms with Crippen molar-refractivity contribution in [3.05, 3.63) is 0 Å². The Morgan fingerprint density at radius 1 is 0.882 bits per heavy atom. The van der Waals surface area contributed by atoms with Gasteiger partial charge in [-0.15, -0.1) is 0 Å². The topological polar surface area (TPSA) is 70.5 Å². The molecule has 0 radical (unpaired) electrons. The normalized spacial score (nSPS) is 8.12. The van der Waals surface area contributed by atoms with E-state index in [0.717, 1.165) is 25.7 Å². The Morgan fingerprint density at radius 3 is 1.35 bits per heavy atom. The van der Waals surface area contributed by atoms with Crippen LogP contribution in [0.15, 0.2) is 0 Å². The van der Waals surface area contributed by atoms with Crippen LogP contribution in [0.25, 0.3) is 0 Å². The second kappa shape index (κ2) is 19.3. The zero-order chi connectivity index (χ0) is 12.8. The summed E-state index contributed by atoms with van der Waals surface area (Å²) in [5, 5.41) is 0.303. The molecule has 0 atom stereocenters. The summed E-state index contributed by atoms with van der Waals surface area (Å²) in [6, 6.07) is 0. The predicted molar refractivity (Wildman–Crippen MR) is 83.8 cm³/mol. The van der Waals surface area contributed by atoms with Crippen molar-refractivity contribution in [2.24, 2.45) is 11.5 Å². The molecule has 0 amide bonds. The molecular weight excluding hydrogens is 382 g/mol. The molecule has 0 spiro atoms. The maximum absolute atomic E-state index is 5.04. The average Bonchev–Trinajstić information content (AvgIpc) is 2.18.